The molecule has 1 rings (SSSR count). The van der Waals surface area contributed by atoms with Crippen molar-refractivity contribution in [3.05, 3.63) is 0 Å². The molecular weight excluding hydrogens is 140 g/mol. The van der Waals surface area contributed by atoms with E-state index < -0.39 is 0 Å². The molecular formula is C8H18N2O. The lowest BCUT2D eigenvalue weighted by Crippen LogP contribution is -2.57. The van der Waals surface area contributed by atoms with Gasteiger partial charge in [-0.3, -0.25) is 4.90 Å². The molecule has 0 spiro atoms. The Hall–Kier alpha value is -0.120. The van der Waals surface area contributed by atoms with E-state index in [2.05, 4.69) is 17.1 Å². The van der Waals surface area contributed by atoms with E-state index >= 15 is 0 Å². The van der Waals surface area contributed by atoms with Crippen molar-refractivity contribution in [2.45, 2.75) is 19.4 Å². The van der Waals surface area contributed by atoms with Crippen LogP contribution in [0, 0.1) is 0 Å². The number of nitrogens with one attached hydrogen (secondary N) is 1. The normalized spacial score (nSPS) is 18.8. The molecule has 1 fully saturated rings. The maximum atomic E-state index is 8.64. The summed E-state index contributed by atoms with van der Waals surface area (Å²) in [6.45, 7) is 6.89. The Bertz CT molecular complexity index is 104. The molecule has 0 aromatic rings. The Kier molecular flexibility index (Phi) is 3.83. The number of hydrogen-bond donors (Lipinski definition) is 2. The summed E-state index contributed by atoms with van der Waals surface area (Å²) in [6, 6.07) is 0.728. The zero-order valence-electron chi connectivity index (χ0n) is 7.21. The van der Waals surface area contributed by atoms with Gasteiger partial charge in [-0.15, -0.1) is 0 Å². The van der Waals surface area contributed by atoms with Crippen LogP contribution in [0.1, 0.15) is 13.3 Å². The van der Waals surface area contributed by atoms with Gasteiger partial charge in [-0.05, 0) is 13.0 Å². The van der Waals surface area contributed by atoms with Gasteiger partial charge in [0.1, 0.15) is 0 Å². The number of aliphatic hydroxyl groups excluding tert-OH is 1. The Morgan fingerprint density at radius 2 is 2.27 bits per heavy atom. The van der Waals surface area contributed by atoms with Crippen LogP contribution in [0.4, 0.5) is 0 Å². The molecule has 1 heterocycles. The lowest BCUT2D eigenvalue weighted by Gasteiger charge is -2.37. The first kappa shape index (κ1) is 8.97. The predicted octanol–water partition coefficient (Wildman–Crippen LogP) is -0.337. The summed E-state index contributed by atoms with van der Waals surface area (Å²) in [5, 5.41) is 11.9. The fraction of sp³-hybridized carbons (Fsp3) is 1.00. The van der Waals surface area contributed by atoms with Crippen molar-refractivity contribution in [1.82, 2.24) is 10.2 Å². The Morgan fingerprint density at radius 3 is 2.64 bits per heavy atom. The molecule has 66 valence electrons. The van der Waals surface area contributed by atoms with Crippen LogP contribution in [-0.4, -0.2) is 48.8 Å². The van der Waals surface area contributed by atoms with Crippen molar-refractivity contribution < 1.29 is 5.11 Å². The number of aliphatic hydroxyl groups is 1. The minimum absolute atomic E-state index is 0.316. The molecule has 3 heteroatoms. The molecule has 0 aliphatic carbocycles. The summed E-state index contributed by atoms with van der Waals surface area (Å²) < 4.78 is 0. The largest absolute Gasteiger partial charge is 0.396 e. The number of rotatable bonds is 5. The van der Waals surface area contributed by atoms with E-state index in [-0.39, 0.29) is 0 Å². The van der Waals surface area contributed by atoms with Gasteiger partial charge in [-0.2, -0.15) is 0 Å². The van der Waals surface area contributed by atoms with Gasteiger partial charge < -0.3 is 10.4 Å². The minimum Gasteiger partial charge on any atom is -0.396 e. The quantitative estimate of drug-likeness (QED) is 0.575. The molecule has 3 nitrogen and oxygen atoms in total. The van der Waals surface area contributed by atoms with Crippen molar-refractivity contribution >= 4 is 0 Å². The van der Waals surface area contributed by atoms with Crippen LogP contribution in [0.5, 0.6) is 0 Å². The monoisotopic (exact) mass is 158 g/mol. The van der Waals surface area contributed by atoms with Gasteiger partial charge in [0.25, 0.3) is 0 Å². The van der Waals surface area contributed by atoms with Crippen LogP contribution >= 0.6 is 0 Å². The number of hydrogen-bond acceptors (Lipinski definition) is 3. The van der Waals surface area contributed by atoms with E-state index in [4.69, 9.17) is 5.11 Å². The first-order valence-electron chi connectivity index (χ1n) is 4.44. The molecule has 0 saturated carbocycles. The average Bonchev–Trinajstić information content (AvgIpc) is 1.93. The zero-order valence-corrected chi connectivity index (χ0v) is 7.21. The molecule has 0 unspecified atom stereocenters. The van der Waals surface area contributed by atoms with Crippen molar-refractivity contribution in [2.24, 2.45) is 0 Å². The Balaban J connectivity index is 2.13. The third-order valence-electron chi connectivity index (χ3n) is 2.29. The first-order valence-corrected chi connectivity index (χ1v) is 4.44. The molecule has 0 aromatic carbocycles. The van der Waals surface area contributed by atoms with Gasteiger partial charge in [0.15, 0.2) is 0 Å². The van der Waals surface area contributed by atoms with Crippen LogP contribution < -0.4 is 5.32 Å². The third kappa shape index (κ3) is 2.43. The highest BCUT2D eigenvalue weighted by molar-refractivity contribution is 4.83. The molecule has 1 aliphatic heterocycles. The van der Waals surface area contributed by atoms with Crippen LogP contribution in [0.15, 0.2) is 0 Å². The summed E-state index contributed by atoms with van der Waals surface area (Å²) >= 11 is 0. The lowest BCUT2D eigenvalue weighted by molar-refractivity contribution is 0.139. The number of likely N-dealkylation sites (N-methyl/N-ethyl adjacent to an activating group) is 1. The summed E-state index contributed by atoms with van der Waals surface area (Å²) in [5.74, 6) is 0. The van der Waals surface area contributed by atoms with Gasteiger partial charge in [0.2, 0.25) is 0 Å². The summed E-state index contributed by atoms with van der Waals surface area (Å²) in [7, 11) is 0. The van der Waals surface area contributed by atoms with Gasteiger partial charge in [-0.25, -0.2) is 0 Å². The molecule has 1 aliphatic rings. The fourth-order valence-corrected chi connectivity index (χ4v) is 1.40. The Morgan fingerprint density at radius 1 is 1.55 bits per heavy atom. The molecule has 0 aromatic heterocycles. The molecule has 2 N–H and O–H groups in total. The van der Waals surface area contributed by atoms with Gasteiger partial charge in [0.05, 0.1) is 0 Å². The van der Waals surface area contributed by atoms with Crippen LogP contribution in [0.3, 0.4) is 0 Å². The topological polar surface area (TPSA) is 35.5 Å². The smallest absolute Gasteiger partial charge is 0.0443 e. The molecule has 0 atom stereocenters. The summed E-state index contributed by atoms with van der Waals surface area (Å²) in [5.41, 5.74) is 0. The number of nitrogens with zero attached hydrogens (tertiary/aromatic N) is 1. The molecule has 1 saturated heterocycles. The molecule has 0 radical (unpaired) electrons. The fourth-order valence-electron chi connectivity index (χ4n) is 1.40. The van der Waals surface area contributed by atoms with Crippen molar-refractivity contribution in [3.8, 4) is 0 Å². The van der Waals surface area contributed by atoms with Crippen LogP contribution in [0.25, 0.3) is 0 Å². The van der Waals surface area contributed by atoms with Crippen molar-refractivity contribution in [1.29, 1.82) is 0 Å². The predicted molar refractivity (Wildman–Crippen MR) is 45.6 cm³/mol. The van der Waals surface area contributed by atoms with E-state index in [0.29, 0.717) is 6.61 Å². The standard InChI is InChI=1S/C8H18N2O/c1-2-10(4-3-5-11)8-6-9-7-8/h8-9,11H,2-7H2,1H3. The highest BCUT2D eigenvalue weighted by atomic mass is 16.3. The highest BCUT2D eigenvalue weighted by Gasteiger charge is 2.22. The maximum Gasteiger partial charge on any atom is 0.0443 e. The second-order valence-corrected chi connectivity index (χ2v) is 3.02. The molecule has 0 bridgehead atoms. The summed E-state index contributed by atoms with van der Waals surface area (Å²) in [6.07, 6.45) is 0.907. The van der Waals surface area contributed by atoms with Crippen molar-refractivity contribution in [3.63, 3.8) is 0 Å². The van der Waals surface area contributed by atoms with E-state index in [1.165, 1.54) is 0 Å². The van der Waals surface area contributed by atoms with E-state index in [0.717, 1.165) is 38.6 Å². The third-order valence-corrected chi connectivity index (χ3v) is 2.29. The van der Waals surface area contributed by atoms with Crippen molar-refractivity contribution in [2.75, 3.05) is 32.8 Å². The SMILES string of the molecule is CCN(CCCO)C1CNC1. The molecule has 11 heavy (non-hydrogen) atoms. The van der Waals surface area contributed by atoms with E-state index in [9.17, 15) is 0 Å². The van der Waals surface area contributed by atoms with Gasteiger partial charge in [0, 0.05) is 32.3 Å². The highest BCUT2D eigenvalue weighted by Crippen LogP contribution is 2.04. The Labute approximate surface area is 68.4 Å². The minimum atomic E-state index is 0.316. The average molecular weight is 158 g/mol. The summed E-state index contributed by atoms with van der Waals surface area (Å²) in [4.78, 5) is 2.42. The second kappa shape index (κ2) is 4.70. The van der Waals surface area contributed by atoms with Crippen LogP contribution in [0.2, 0.25) is 0 Å². The van der Waals surface area contributed by atoms with Gasteiger partial charge >= 0.3 is 0 Å². The maximum absolute atomic E-state index is 8.64. The molecule has 0 amide bonds. The van der Waals surface area contributed by atoms with Gasteiger partial charge in [-0.1, -0.05) is 6.92 Å². The van der Waals surface area contributed by atoms with Crippen LogP contribution in [-0.2, 0) is 0 Å². The first-order chi connectivity index (χ1) is 5.38. The lowest BCUT2D eigenvalue weighted by atomic mass is 10.1. The van der Waals surface area contributed by atoms with E-state index in [1.807, 2.05) is 0 Å². The zero-order chi connectivity index (χ0) is 8.10. The second-order valence-electron chi connectivity index (χ2n) is 3.02. The van der Waals surface area contributed by atoms with E-state index in [1.54, 1.807) is 0 Å².